The van der Waals surface area contributed by atoms with Crippen LogP contribution in [0.4, 0.5) is 0 Å². The van der Waals surface area contributed by atoms with Crippen molar-refractivity contribution in [2.24, 2.45) is 0 Å². The fourth-order valence-corrected chi connectivity index (χ4v) is 9.80. The van der Waals surface area contributed by atoms with Gasteiger partial charge in [0, 0.05) is 38.0 Å². The molecule has 11 aromatic rings. The Labute approximate surface area is 319 Å². The average Bonchev–Trinajstić information content (AvgIpc) is 3.82. The van der Waals surface area contributed by atoms with Crippen LogP contribution in [0.5, 0.6) is 0 Å². The number of aromatic nitrogens is 2. The van der Waals surface area contributed by atoms with Gasteiger partial charge in [-0.25, -0.2) is 0 Å². The lowest BCUT2D eigenvalue weighted by Crippen LogP contribution is -2.14. The Balaban J connectivity index is 1.11. The molecule has 12 rings (SSSR count). The number of rotatable bonds is 3. The van der Waals surface area contributed by atoms with Crippen molar-refractivity contribution in [2.75, 3.05) is 0 Å². The van der Waals surface area contributed by atoms with Crippen molar-refractivity contribution < 1.29 is 0 Å². The summed E-state index contributed by atoms with van der Waals surface area (Å²) in [4.78, 5) is 0. The minimum absolute atomic E-state index is 0.0905. The zero-order valence-electron chi connectivity index (χ0n) is 30.7. The normalized spacial score (nSPS) is 13.4. The highest BCUT2D eigenvalue weighted by Gasteiger charge is 2.36. The predicted octanol–water partition coefficient (Wildman–Crippen LogP) is 14.2. The minimum atomic E-state index is -0.0905. The van der Waals surface area contributed by atoms with Crippen LogP contribution in [0.2, 0.25) is 0 Å². The molecule has 0 N–H and O–H groups in total. The Kier molecular flexibility index (Phi) is 6.15. The van der Waals surface area contributed by atoms with Crippen molar-refractivity contribution >= 4 is 65.2 Å². The minimum Gasteiger partial charge on any atom is -0.309 e. The molecule has 0 spiro atoms. The van der Waals surface area contributed by atoms with Crippen molar-refractivity contribution in [1.29, 1.82) is 0 Å². The van der Waals surface area contributed by atoms with Gasteiger partial charge >= 0.3 is 0 Å². The molecule has 1 aliphatic rings. The summed E-state index contributed by atoms with van der Waals surface area (Å²) in [5.74, 6) is 0. The number of para-hydroxylation sites is 1. The van der Waals surface area contributed by atoms with E-state index in [1.807, 2.05) is 0 Å². The summed E-state index contributed by atoms with van der Waals surface area (Å²) in [7, 11) is 0. The summed E-state index contributed by atoms with van der Waals surface area (Å²) >= 11 is 0. The molecule has 0 atom stereocenters. The van der Waals surface area contributed by atoms with E-state index in [1.165, 1.54) is 110 Å². The summed E-state index contributed by atoms with van der Waals surface area (Å²) in [5.41, 5.74) is 15.1. The zero-order valence-corrected chi connectivity index (χ0v) is 30.7. The molecule has 2 nitrogen and oxygen atoms in total. The quantitative estimate of drug-likeness (QED) is 0.174. The van der Waals surface area contributed by atoms with Crippen molar-refractivity contribution in [3.8, 4) is 33.6 Å². The molecule has 1 aliphatic carbocycles. The van der Waals surface area contributed by atoms with E-state index in [1.54, 1.807) is 0 Å². The van der Waals surface area contributed by atoms with E-state index in [0.29, 0.717) is 0 Å². The third-order valence-corrected chi connectivity index (χ3v) is 12.5. The maximum absolute atomic E-state index is 2.51. The highest BCUT2D eigenvalue weighted by atomic mass is 15.0. The molecular weight excluding hydrogens is 665 g/mol. The van der Waals surface area contributed by atoms with Crippen molar-refractivity contribution in [3.05, 3.63) is 193 Å². The molecular formula is C53H36N2. The fourth-order valence-electron chi connectivity index (χ4n) is 9.80. The van der Waals surface area contributed by atoms with Crippen LogP contribution in [0.1, 0.15) is 25.0 Å². The molecule has 258 valence electrons. The monoisotopic (exact) mass is 700 g/mol. The molecule has 0 radical (unpaired) electrons. The van der Waals surface area contributed by atoms with Crippen LogP contribution in [0, 0.1) is 0 Å². The van der Waals surface area contributed by atoms with Crippen LogP contribution in [-0.2, 0) is 5.41 Å². The van der Waals surface area contributed by atoms with Gasteiger partial charge in [-0.1, -0.05) is 135 Å². The van der Waals surface area contributed by atoms with Gasteiger partial charge in [-0.2, -0.15) is 0 Å². The standard InChI is InChI=1S/C53H36N2/c1-53(2)46-19-9-7-17-40(46)42-31-45-44-30-37(24-27-51(44)55(52(45)32-47(42)53)48-21-11-15-34-13-5-6-16-39(34)48)36-23-26-50-43(29-36)41-18-8-10-20-49(41)54(50)38-25-22-33-12-3-4-14-35(33)28-38/h3-32H,1-2H3. The van der Waals surface area contributed by atoms with Crippen LogP contribution in [-0.4, -0.2) is 9.13 Å². The lowest BCUT2D eigenvalue weighted by Gasteiger charge is -2.21. The highest BCUT2D eigenvalue weighted by Crippen LogP contribution is 2.51. The largest absolute Gasteiger partial charge is 0.309 e. The van der Waals surface area contributed by atoms with Crippen molar-refractivity contribution in [2.45, 2.75) is 19.3 Å². The summed E-state index contributed by atoms with van der Waals surface area (Å²) in [6.45, 7) is 4.75. The molecule has 9 aromatic carbocycles. The first-order chi connectivity index (χ1) is 27.0. The van der Waals surface area contributed by atoms with Gasteiger partial charge < -0.3 is 9.13 Å². The molecule has 2 heteroatoms. The Morgan fingerprint density at radius 3 is 1.80 bits per heavy atom. The number of hydrogen-bond donors (Lipinski definition) is 0. The van der Waals surface area contributed by atoms with Gasteiger partial charge in [-0.05, 0) is 110 Å². The first kappa shape index (κ1) is 30.6. The maximum atomic E-state index is 2.51. The maximum Gasteiger partial charge on any atom is 0.0544 e. The summed E-state index contributed by atoms with van der Waals surface area (Å²) in [5, 5.41) is 10.1. The second-order valence-corrected chi connectivity index (χ2v) is 15.8. The molecule has 0 aliphatic heterocycles. The zero-order chi connectivity index (χ0) is 36.4. The van der Waals surface area contributed by atoms with Gasteiger partial charge in [0.25, 0.3) is 0 Å². The highest BCUT2D eigenvalue weighted by molar-refractivity contribution is 6.15. The molecule has 0 bridgehead atoms. The van der Waals surface area contributed by atoms with Gasteiger partial charge in [-0.15, -0.1) is 0 Å². The molecule has 0 saturated heterocycles. The SMILES string of the molecule is CC1(C)c2ccccc2-c2cc3c4cc(-c5ccc6c(c5)c5ccccc5n6-c5ccc6ccccc6c5)ccc4n(-c4cccc5ccccc45)c3cc21. The Bertz CT molecular complexity index is 3400. The van der Waals surface area contributed by atoms with Crippen LogP contribution in [0.25, 0.3) is 98.8 Å². The Hall–Kier alpha value is -6.90. The van der Waals surface area contributed by atoms with Gasteiger partial charge in [0.1, 0.15) is 0 Å². The third-order valence-electron chi connectivity index (χ3n) is 12.5. The fraction of sp³-hybridized carbons (Fsp3) is 0.0566. The second-order valence-electron chi connectivity index (χ2n) is 15.8. The number of hydrogen-bond acceptors (Lipinski definition) is 0. The smallest absolute Gasteiger partial charge is 0.0544 e. The van der Waals surface area contributed by atoms with Crippen molar-refractivity contribution in [3.63, 3.8) is 0 Å². The second kappa shape index (κ2) is 11.1. The molecule has 0 amide bonds. The Morgan fingerprint density at radius 2 is 0.964 bits per heavy atom. The van der Waals surface area contributed by atoms with E-state index in [0.717, 1.165) is 0 Å². The number of benzene rings is 9. The van der Waals surface area contributed by atoms with Gasteiger partial charge in [0.2, 0.25) is 0 Å². The van der Waals surface area contributed by atoms with E-state index in [-0.39, 0.29) is 5.41 Å². The molecule has 0 fully saturated rings. The van der Waals surface area contributed by atoms with E-state index >= 15 is 0 Å². The average molecular weight is 701 g/mol. The number of nitrogens with zero attached hydrogens (tertiary/aromatic N) is 2. The topological polar surface area (TPSA) is 9.86 Å². The predicted molar refractivity (Wildman–Crippen MR) is 233 cm³/mol. The first-order valence-corrected chi connectivity index (χ1v) is 19.3. The molecule has 2 aromatic heterocycles. The summed E-state index contributed by atoms with van der Waals surface area (Å²) in [6, 6.07) is 67.7. The summed E-state index contributed by atoms with van der Waals surface area (Å²) < 4.78 is 4.93. The summed E-state index contributed by atoms with van der Waals surface area (Å²) in [6.07, 6.45) is 0. The van der Waals surface area contributed by atoms with Crippen LogP contribution in [0.15, 0.2) is 182 Å². The van der Waals surface area contributed by atoms with Crippen molar-refractivity contribution in [1.82, 2.24) is 9.13 Å². The first-order valence-electron chi connectivity index (χ1n) is 19.3. The Morgan fingerprint density at radius 1 is 0.345 bits per heavy atom. The van der Waals surface area contributed by atoms with E-state index < -0.39 is 0 Å². The van der Waals surface area contributed by atoms with Gasteiger partial charge in [0.15, 0.2) is 0 Å². The van der Waals surface area contributed by atoms with Crippen LogP contribution >= 0.6 is 0 Å². The van der Waals surface area contributed by atoms with Crippen LogP contribution in [0.3, 0.4) is 0 Å². The molecule has 0 saturated carbocycles. The molecule has 2 heterocycles. The number of fused-ring (bicyclic) bond motifs is 11. The van der Waals surface area contributed by atoms with E-state index in [4.69, 9.17) is 0 Å². The third kappa shape index (κ3) is 4.25. The lowest BCUT2D eigenvalue weighted by atomic mass is 9.82. The van der Waals surface area contributed by atoms with Crippen LogP contribution < -0.4 is 0 Å². The molecule has 55 heavy (non-hydrogen) atoms. The van der Waals surface area contributed by atoms with E-state index in [9.17, 15) is 0 Å². The molecule has 0 unspecified atom stereocenters. The van der Waals surface area contributed by atoms with Gasteiger partial charge in [0.05, 0.1) is 27.8 Å². The lowest BCUT2D eigenvalue weighted by molar-refractivity contribution is 0.661. The van der Waals surface area contributed by atoms with Gasteiger partial charge in [-0.3, -0.25) is 0 Å². The van der Waals surface area contributed by atoms with E-state index in [2.05, 4.69) is 205 Å².